The molecule has 2 aromatic rings. The molecule has 0 aliphatic heterocycles. The van der Waals surface area contributed by atoms with E-state index in [0.717, 1.165) is 6.20 Å². The first-order valence-corrected chi connectivity index (χ1v) is 5.73. The number of methoxy groups -OCH3 is 1. The molecule has 1 aromatic heterocycles. The van der Waals surface area contributed by atoms with E-state index in [0.29, 0.717) is 11.3 Å². The Labute approximate surface area is 114 Å². The SMILES string of the molecule is COc1ccc(OCc2cncc(F)c2)c(C(=O)O)c1. The average molecular weight is 277 g/mol. The third-order valence-corrected chi connectivity index (χ3v) is 2.57. The summed E-state index contributed by atoms with van der Waals surface area (Å²) in [6.07, 6.45) is 2.53. The largest absolute Gasteiger partial charge is 0.497 e. The molecule has 0 unspecified atom stereocenters. The van der Waals surface area contributed by atoms with E-state index in [-0.39, 0.29) is 17.9 Å². The summed E-state index contributed by atoms with van der Waals surface area (Å²) >= 11 is 0. The minimum Gasteiger partial charge on any atom is -0.497 e. The molecule has 0 aliphatic rings. The fourth-order valence-electron chi connectivity index (χ4n) is 1.62. The van der Waals surface area contributed by atoms with Crippen molar-refractivity contribution in [3.8, 4) is 11.5 Å². The van der Waals surface area contributed by atoms with Gasteiger partial charge in [-0.25, -0.2) is 9.18 Å². The van der Waals surface area contributed by atoms with Crippen LogP contribution in [0, 0.1) is 5.82 Å². The van der Waals surface area contributed by atoms with Gasteiger partial charge in [0, 0.05) is 11.8 Å². The monoisotopic (exact) mass is 277 g/mol. The lowest BCUT2D eigenvalue weighted by atomic mass is 10.2. The minimum atomic E-state index is -1.13. The Hall–Kier alpha value is -2.63. The summed E-state index contributed by atoms with van der Waals surface area (Å²) < 4.78 is 23.3. The van der Waals surface area contributed by atoms with E-state index in [1.165, 1.54) is 31.5 Å². The number of halogens is 1. The van der Waals surface area contributed by atoms with Crippen LogP contribution in [0.5, 0.6) is 11.5 Å². The topological polar surface area (TPSA) is 68.7 Å². The highest BCUT2D eigenvalue weighted by atomic mass is 19.1. The number of carboxylic acids is 1. The van der Waals surface area contributed by atoms with Crippen LogP contribution in [-0.4, -0.2) is 23.2 Å². The molecule has 1 N–H and O–H groups in total. The first-order chi connectivity index (χ1) is 9.60. The van der Waals surface area contributed by atoms with Crippen molar-refractivity contribution in [1.29, 1.82) is 0 Å². The van der Waals surface area contributed by atoms with Crippen LogP contribution in [0.3, 0.4) is 0 Å². The van der Waals surface area contributed by atoms with E-state index >= 15 is 0 Å². The number of carbonyl (C=O) groups is 1. The lowest BCUT2D eigenvalue weighted by molar-refractivity contribution is 0.0691. The average Bonchev–Trinajstić information content (AvgIpc) is 2.45. The minimum absolute atomic E-state index is 0.0197. The summed E-state index contributed by atoms with van der Waals surface area (Å²) in [7, 11) is 1.44. The van der Waals surface area contributed by atoms with Gasteiger partial charge in [-0.2, -0.15) is 0 Å². The molecule has 0 bridgehead atoms. The summed E-state index contributed by atoms with van der Waals surface area (Å²) in [5, 5.41) is 9.12. The summed E-state index contributed by atoms with van der Waals surface area (Å²) in [4.78, 5) is 14.8. The van der Waals surface area contributed by atoms with Crippen LogP contribution in [0.15, 0.2) is 36.7 Å². The second kappa shape index (κ2) is 6.01. The Morgan fingerprint density at radius 1 is 1.35 bits per heavy atom. The number of hydrogen-bond donors (Lipinski definition) is 1. The first-order valence-electron chi connectivity index (χ1n) is 5.73. The molecule has 0 spiro atoms. The molecule has 1 heterocycles. The molecule has 6 heteroatoms. The van der Waals surface area contributed by atoms with Crippen molar-refractivity contribution < 1.29 is 23.8 Å². The number of rotatable bonds is 5. The van der Waals surface area contributed by atoms with Crippen LogP contribution >= 0.6 is 0 Å². The van der Waals surface area contributed by atoms with Crippen molar-refractivity contribution in [1.82, 2.24) is 4.98 Å². The quantitative estimate of drug-likeness (QED) is 0.909. The molecule has 0 fully saturated rings. The molecule has 104 valence electrons. The highest BCUT2D eigenvalue weighted by Gasteiger charge is 2.13. The van der Waals surface area contributed by atoms with Crippen LogP contribution in [0.2, 0.25) is 0 Å². The lowest BCUT2D eigenvalue weighted by Crippen LogP contribution is -2.04. The highest BCUT2D eigenvalue weighted by Crippen LogP contribution is 2.25. The van der Waals surface area contributed by atoms with Crippen LogP contribution < -0.4 is 9.47 Å². The molecule has 20 heavy (non-hydrogen) atoms. The number of aromatic carboxylic acids is 1. The highest BCUT2D eigenvalue weighted by molar-refractivity contribution is 5.91. The molecular formula is C14H12FNO4. The third kappa shape index (κ3) is 3.23. The van der Waals surface area contributed by atoms with E-state index in [4.69, 9.17) is 14.6 Å². The van der Waals surface area contributed by atoms with Gasteiger partial charge in [-0.15, -0.1) is 0 Å². The first kappa shape index (κ1) is 13.8. The smallest absolute Gasteiger partial charge is 0.339 e. The summed E-state index contributed by atoms with van der Waals surface area (Å²) in [5.74, 6) is -1.000. The molecule has 1 aromatic carbocycles. The maximum atomic E-state index is 13.0. The van der Waals surface area contributed by atoms with Crippen LogP contribution in [-0.2, 0) is 6.61 Å². The van der Waals surface area contributed by atoms with Crippen molar-refractivity contribution in [3.05, 3.63) is 53.6 Å². The predicted molar refractivity (Wildman–Crippen MR) is 68.5 cm³/mol. The van der Waals surface area contributed by atoms with Crippen LogP contribution in [0.25, 0.3) is 0 Å². The molecule has 0 aliphatic carbocycles. The maximum absolute atomic E-state index is 13.0. The second-order valence-electron chi connectivity index (χ2n) is 3.97. The standard InChI is InChI=1S/C14H12FNO4/c1-19-11-2-3-13(12(5-11)14(17)18)20-8-9-4-10(15)7-16-6-9/h2-7H,8H2,1H3,(H,17,18). The fraction of sp³-hybridized carbons (Fsp3) is 0.143. The van der Waals surface area contributed by atoms with Gasteiger partial charge >= 0.3 is 5.97 Å². The zero-order valence-corrected chi connectivity index (χ0v) is 10.7. The van der Waals surface area contributed by atoms with Gasteiger partial charge in [0.15, 0.2) is 0 Å². The van der Waals surface area contributed by atoms with Crippen LogP contribution in [0.4, 0.5) is 4.39 Å². The van der Waals surface area contributed by atoms with Gasteiger partial charge in [0.25, 0.3) is 0 Å². The molecule has 2 rings (SSSR count). The zero-order chi connectivity index (χ0) is 14.5. The Bertz CT molecular complexity index is 630. The molecule has 0 saturated heterocycles. The van der Waals surface area contributed by atoms with Crippen molar-refractivity contribution in [3.63, 3.8) is 0 Å². The molecular weight excluding hydrogens is 265 g/mol. The van der Waals surface area contributed by atoms with Gasteiger partial charge in [-0.05, 0) is 24.3 Å². The van der Waals surface area contributed by atoms with E-state index in [1.54, 1.807) is 6.07 Å². The van der Waals surface area contributed by atoms with E-state index in [1.807, 2.05) is 0 Å². The third-order valence-electron chi connectivity index (χ3n) is 2.57. The number of benzene rings is 1. The number of nitrogens with zero attached hydrogens (tertiary/aromatic N) is 1. The number of ether oxygens (including phenoxy) is 2. The molecule has 0 radical (unpaired) electrons. The Morgan fingerprint density at radius 2 is 2.15 bits per heavy atom. The summed E-state index contributed by atoms with van der Waals surface area (Å²) in [5.41, 5.74) is 0.492. The summed E-state index contributed by atoms with van der Waals surface area (Å²) in [6.45, 7) is 0.0252. The Kier molecular flexibility index (Phi) is 4.14. The molecule has 0 saturated carbocycles. The molecule has 0 atom stereocenters. The van der Waals surface area contributed by atoms with Gasteiger partial charge < -0.3 is 14.6 Å². The van der Waals surface area contributed by atoms with Gasteiger partial charge in [0.2, 0.25) is 0 Å². The summed E-state index contributed by atoms with van der Waals surface area (Å²) in [6, 6.07) is 5.72. The van der Waals surface area contributed by atoms with E-state index in [2.05, 4.69) is 4.98 Å². The van der Waals surface area contributed by atoms with E-state index in [9.17, 15) is 9.18 Å². The van der Waals surface area contributed by atoms with Crippen molar-refractivity contribution in [2.75, 3.05) is 7.11 Å². The molecule has 5 nitrogen and oxygen atoms in total. The van der Waals surface area contributed by atoms with Crippen molar-refractivity contribution >= 4 is 5.97 Å². The number of hydrogen-bond acceptors (Lipinski definition) is 4. The Morgan fingerprint density at radius 3 is 2.80 bits per heavy atom. The molecule has 0 amide bonds. The van der Waals surface area contributed by atoms with Gasteiger partial charge in [0.1, 0.15) is 29.5 Å². The van der Waals surface area contributed by atoms with E-state index < -0.39 is 11.8 Å². The fourth-order valence-corrected chi connectivity index (χ4v) is 1.62. The predicted octanol–water partition coefficient (Wildman–Crippen LogP) is 2.51. The van der Waals surface area contributed by atoms with Crippen LogP contribution in [0.1, 0.15) is 15.9 Å². The normalized spacial score (nSPS) is 10.1. The van der Waals surface area contributed by atoms with Gasteiger partial charge in [0.05, 0.1) is 13.3 Å². The maximum Gasteiger partial charge on any atom is 0.339 e. The second-order valence-corrected chi connectivity index (χ2v) is 3.97. The van der Waals surface area contributed by atoms with Gasteiger partial charge in [-0.3, -0.25) is 4.98 Å². The number of carboxylic acid groups (broad SMARTS) is 1. The van der Waals surface area contributed by atoms with Crippen molar-refractivity contribution in [2.45, 2.75) is 6.61 Å². The lowest BCUT2D eigenvalue weighted by Gasteiger charge is -2.10. The number of aromatic nitrogens is 1. The van der Waals surface area contributed by atoms with Crippen molar-refractivity contribution in [2.24, 2.45) is 0 Å². The Balaban J connectivity index is 2.18. The zero-order valence-electron chi connectivity index (χ0n) is 10.7. The van der Waals surface area contributed by atoms with Gasteiger partial charge in [-0.1, -0.05) is 0 Å². The number of pyridine rings is 1.